The van der Waals surface area contributed by atoms with Crippen LogP contribution in [0.25, 0.3) is 5.65 Å². The van der Waals surface area contributed by atoms with E-state index in [1.54, 1.807) is 6.07 Å². The van der Waals surface area contributed by atoms with E-state index in [9.17, 15) is 4.79 Å². The van der Waals surface area contributed by atoms with Crippen LogP contribution in [0.5, 0.6) is 0 Å². The number of hydrogen-bond acceptors (Lipinski definition) is 6. The molecule has 8 heteroatoms. The van der Waals surface area contributed by atoms with Crippen LogP contribution in [-0.2, 0) is 0 Å². The molecule has 0 radical (unpaired) electrons. The molecule has 8 nitrogen and oxygen atoms in total. The van der Waals surface area contributed by atoms with Crippen molar-refractivity contribution in [3.8, 4) is 0 Å². The Balaban J connectivity index is 1.70. The molecule has 0 bridgehead atoms. The third-order valence-corrected chi connectivity index (χ3v) is 3.77. The Bertz CT molecular complexity index is 649. The van der Waals surface area contributed by atoms with Gasteiger partial charge in [-0.05, 0) is 26.2 Å². The lowest BCUT2D eigenvalue weighted by Gasteiger charge is -2.37. The van der Waals surface area contributed by atoms with Crippen LogP contribution >= 0.6 is 0 Å². The van der Waals surface area contributed by atoms with E-state index in [4.69, 9.17) is 0 Å². The van der Waals surface area contributed by atoms with Crippen LogP contribution < -0.4 is 11.0 Å². The summed E-state index contributed by atoms with van der Waals surface area (Å²) >= 11 is 0. The van der Waals surface area contributed by atoms with E-state index >= 15 is 0 Å². The Hall–Kier alpha value is -1.93. The molecule has 0 saturated carbocycles. The molecule has 1 atom stereocenters. The standard InChI is InChI=1S/C12H19N7O/c1-17-5-6-18(2)9(8-17)7-13-10-3-4-11-14-15-12(20)19(11)16-10/h3-4,9H,5-8H2,1-2H3,(H,13,16)(H,15,20). The summed E-state index contributed by atoms with van der Waals surface area (Å²) in [4.78, 5) is 16.1. The highest BCUT2D eigenvalue weighted by molar-refractivity contribution is 5.43. The lowest BCUT2D eigenvalue weighted by molar-refractivity contribution is 0.122. The zero-order chi connectivity index (χ0) is 14.1. The molecule has 1 aliphatic rings. The molecule has 2 aromatic rings. The predicted octanol–water partition coefficient (Wildman–Crippen LogP) is -0.925. The van der Waals surface area contributed by atoms with Crippen molar-refractivity contribution in [1.29, 1.82) is 0 Å². The van der Waals surface area contributed by atoms with E-state index in [1.807, 2.05) is 6.07 Å². The number of rotatable bonds is 3. The fourth-order valence-corrected chi connectivity index (χ4v) is 2.44. The van der Waals surface area contributed by atoms with Gasteiger partial charge in [-0.3, -0.25) is 4.90 Å². The Morgan fingerprint density at radius 3 is 3.10 bits per heavy atom. The fraction of sp³-hybridized carbons (Fsp3) is 0.583. The second-order valence-electron chi connectivity index (χ2n) is 5.29. The van der Waals surface area contributed by atoms with Crippen LogP contribution in [0.2, 0.25) is 0 Å². The van der Waals surface area contributed by atoms with Gasteiger partial charge in [0.25, 0.3) is 0 Å². The molecule has 1 aliphatic heterocycles. The number of hydrogen-bond donors (Lipinski definition) is 2. The molecule has 0 spiro atoms. The molecule has 3 heterocycles. The van der Waals surface area contributed by atoms with Crippen molar-refractivity contribution in [3.05, 3.63) is 22.6 Å². The molecule has 2 aromatic heterocycles. The molecule has 0 aliphatic carbocycles. The first-order valence-electron chi connectivity index (χ1n) is 6.70. The lowest BCUT2D eigenvalue weighted by atomic mass is 10.2. The third-order valence-electron chi connectivity index (χ3n) is 3.77. The summed E-state index contributed by atoms with van der Waals surface area (Å²) in [7, 11) is 4.27. The van der Waals surface area contributed by atoms with Gasteiger partial charge >= 0.3 is 5.69 Å². The Morgan fingerprint density at radius 2 is 2.25 bits per heavy atom. The highest BCUT2D eigenvalue weighted by atomic mass is 16.2. The van der Waals surface area contributed by atoms with Gasteiger partial charge in [0.15, 0.2) is 5.65 Å². The number of nitrogens with one attached hydrogen (secondary N) is 2. The van der Waals surface area contributed by atoms with E-state index in [0.29, 0.717) is 17.5 Å². The minimum atomic E-state index is -0.321. The average molecular weight is 277 g/mol. The molecule has 1 fully saturated rings. The monoisotopic (exact) mass is 277 g/mol. The van der Waals surface area contributed by atoms with E-state index in [1.165, 1.54) is 4.52 Å². The first-order chi connectivity index (χ1) is 9.63. The summed E-state index contributed by atoms with van der Waals surface area (Å²) in [6, 6.07) is 4.04. The summed E-state index contributed by atoms with van der Waals surface area (Å²) in [6.45, 7) is 3.99. The summed E-state index contributed by atoms with van der Waals surface area (Å²) in [5.41, 5.74) is 0.202. The summed E-state index contributed by atoms with van der Waals surface area (Å²) in [5, 5.41) is 13.8. The molecule has 2 N–H and O–H groups in total. The van der Waals surface area contributed by atoms with Crippen molar-refractivity contribution in [2.75, 3.05) is 45.6 Å². The van der Waals surface area contributed by atoms with Crippen LogP contribution in [0.15, 0.2) is 16.9 Å². The van der Waals surface area contributed by atoms with Crippen LogP contribution in [0.4, 0.5) is 5.82 Å². The maximum Gasteiger partial charge on any atom is 0.364 e. The number of nitrogens with zero attached hydrogens (tertiary/aromatic N) is 5. The van der Waals surface area contributed by atoms with Gasteiger partial charge < -0.3 is 10.2 Å². The largest absolute Gasteiger partial charge is 0.367 e. The third kappa shape index (κ3) is 2.52. The summed E-state index contributed by atoms with van der Waals surface area (Å²) in [5.74, 6) is 0.683. The minimum absolute atomic E-state index is 0.321. The van der Waals surface area contributed by atoms with E-state index in [-0.39, 0.29) is 5.69 Å². The molecule has 20 heavy (non-hydrogen) atoms. The smallest absolute Gasteiger partial charge is 0.364 e. The maximum absolute atomic E-state index is 11.5. The highest BCUT2D eigenvalue weighted by Gasteiger charge is 2.21. The number of fused-ring (bicyclic) bond motifs is 1. The van der Waals surface area contributed by atoms with Crippen molar-refractivity contribution in [2.24, 2.45) is 0 Å². The molecule has 0 aromatic carbocycles. The molecular formula is C12H19N7O. The van der Waals surface area contributed by atoms with Crippen LogP contribution in [-0.4, -0.2) is 75.9 Å². The van der Waals surface area contributed by atoms with Gasteiger partial charge in [-0.15, -0.1) is 5.10 Å². The van der Waals surface area contributed by atoms with Crippen LogP contribution in [0.1, 0.15) is 0 Å². The van der Waals surface area contributed by atoms with Gasteiger partial charge in [0, 0.05) is 32.2 Å². The number of aromatic nitrogens is 4. The van der Waals surface area contributed by atoms with E-state index in [0.717, 1.165) is 26.2 Å². The minimum Gasteiger partial charge on any atom is -0.367 e. The predicted molar refractivity (Wildman–Crippen MR) is 76.0 cm³/mol. The van der Waals surface area contributed by atoms with Gasteiger partial charge in [-0.25, -0.2) is 9.89 Å². The van der Waals surface area contributed by atoms with Gasteiger partial charge in [-0.2, -0.15) is 9.61 Å². The van der Waals surface area contributed by atoms with Crippen molar-refractivity contribution in [1.82, 2.24) is 29.6 Å². The molecular weight excluding hydrogens is 258 g/mol. The fourth-order valence-electron chi connectivity index (χ4n) is 2.44. The molecule has 3 rings (SSSR count). The van der Waals surface area contributed by atoms with Gasteiger partial charge in [-0.1, -0.05) is 0 Å². The quantitative estimate of drug-likeness (QED) is 0.755. The van der Waals surface area contributed by atoms with Crippen molar-refractivity contribution in [2.45, 2.75) is 6.04 Å². The normalized spacial score (nSPS) is 21.4. The molecule has 0 amide bonds. The number of anilines is 1. The van der Waals surface area contributed by atoms with Gasteiger partial charge in [0.1, 0.15) is 5.82 Å². The number of aromatic amines is 1. The van der Waals surface area contributed by atoms with Gasteiger partial charge in [0.2, 0.25) is 0 Å². The number of piperazine rings is 1. The van der Waals surface area contributed by atoms with E-state index in [2.05, 4.69) is 44.5 Å². The molecule has 1 saturated heterocycles. The van der Waals surface area contributed by atoms with Crippen molar-refractivity contribution >= 4 is 11.5 Å². The lowest BCUT2D eigenvalue weighted by Crippen LogP contribution is -2.52. The zero-order valence-corrected chi connectivity index (χ0v) is 11.7. The maximum atomic E-state index is 11.5. The van der Waals surface area contributed by atoms with Crippen molar-refractivity contribution in [3.63, 3.8) is 0 Å². The first-order valence-corrected chi connectivity index (χ1v) is 6.70. The zero-order valence-electron chi connectivity index (χ0n) is 11.7. The Morgan fingerprint density at radius 1 is 1.40 bits per heavy atom. The van der Waals surface area contributed by atoms with Crippen LogP contribution in [0, 0.1) is 0 Å². The average Bonchev–Trinajstić information content (AvgIpc) is 2.81. The highest BCUT2D eigenvalue weighted by Crippen LogP contribution is 2.08. The van der Waals surface area contributed by atoms with Crippen molar-refractivity contribution < 1.29 is 0 Å². The SMILES string of the molecule is CN1CCN(C)C(CNc2ccc3n[nH]c(=O)n3n2)C1. The second kappa shape index (κ2) is 5.22. The first kappa shape index (κ1) is 13.1. The van der Waals surface area contributed by atoms with E-state index < -0.39 is 0 Å². The Kier molecular flexibility index (Phi) is 3.41. The topological polar surface area (TPSA) is 81.6 Å². The molecule has 108 valence electrons. The number of H-pyrrole nitrogens is 1. The second-order valence-corrected chi connectivity index (χ2v) is 5.29. The van der Waals surface area contributed by atoms with Crippen LogP contribution in [0.3, 0.4) is 0 Å². The summed E-state index contributed by atoms with van der Waals surface area (Å²) in [6.07, 6.45) is 0. The Labute approximate surface area is 116 Å². The number of likely N-dealkylation sites (N-methyl/N-ethyl adjacent to an activating group) is 2. The van der Waals surface area contributed by atoms with Gasteiger partial charge in [0.05, 0.1) is 0 Å². The summed E-state index contributed by atoms with van der Waals surface area (Å²) < 4.78 is 1.26. The molecule has 1 unspecified atom stereocenters.